The van der Waals surface area contributed by atoms with Crippen molar-refractivity contribution < 1.29 is 44.5 Å². The van der Waals surface area contributed by atoms with Crippen molar-refractivity contribution in [1.82, 2.24) is 0 Å². The molecule has 0 aliphatic rings. The smallest absolute Gasteiger partial charge is 0.164 e. The van der Waals surface area contributed by atoms with Crippen LogP contribution in [-0.4, -0.2) is 42.1 Å². The first-order chi connectivity index (χ1) is 23.3. The molecule has 0 spiro atoms. The summed E-state index contributed by atoms with van der Waals surface area (Å²) < 4.78 is 52.3. The van der Waals surface area contributed by atoms with Gasteiger partial charge in [0.2, 0.25) is 0 Å². The summed E-state index contributed by atoms with van der Waals surface area (Å²) in [6.07, 6.45) is 7.20. The predicted octanol–water partition coefficient (Wildman–Crippen LogP) is 7.57. The van der Waals surface area contributed by atoms with Gasteiger partial charge in [0.05, 0.1) is 22.3 Å². The van der Waals surface area contributed by atoms with Crippen molar-refractivity contribution in [2.75, 3.05) is 14.1 Å². The summed E-state index contributed by atoms with van der Waals surface area (Å²) in [6.45, 7) is 1.41. The van der Waals surface area contributed by atoms with E-state index in [4.69, 9.17) is 45.3 Å². The van der Waals surface area contributed by atoms with Crippen LogP contribution in [0.2, 0.25) is 0 Å². The van der Waals surface area contributed by atoms with Gasteiger partial charge in [0.1, 0.15) is 37.4 Å². The highest BCUT2D eigenvalue weighted by molar-refractivity contribution is 6.50. The Morgan fingerprint density at radius 2 is 1.06 bits per heavy atom. The quantitative estimate of drug-likeness (QED) is 0.0419. The van der Waals surface area contributed by atoms with Crippen LogP contribution in [0.1, 0.15) is 34.0 Å². The SMILES string of the molecule is CC(=O)c1cccc(F)c1.C[N+](C)=C/C=C(\Cl)c1cccc(F)c1.N#C/C=C(\Cl)c1cccc(F)c1.O/N=C/C=C(\Cl)c1cccc(F)c1.[Cl-]. The molecule has 0 aliphatic heterocycles. The van der Waals surface area contributed by atoms with Crippen LogP contribution in [0, 0.1) is 34.6 Å². The second-order valence-electron chi connectivity index (χ2n) is 9.63. The Bertz CT molecular complexity index is 1880. The van der Waals surface area contributed by atoms with E-state index in [0.29, 0.717) is 32.3 Å². The molecular formula is C37H31Cl4F4N3O2. The molecule has 0 saturated carbocycles. The maximum atomic E-state index is 12.8. The average molecular weight is 767 g/mol. The summed E-state index contributed by atoms with van der Waals surface area (Å²) >= 11 is 17.4. The van der Waals surface area contributed by atoms with Gasteiger partial charge >= 0.3 is 0 Å². The summed E-state index contributed by atoms with van der Waals surface area (Å²) in [7, 11) is 3.79. The molecule has 0 atom stereocenters. The highest BCUT2D eigenvalue weighted by atomic mass is 35.5. The van der Waals surface area contributed by atoms with E-state index in [2.05, 4.69) is 5.16 Å². The highest BCUT2D eigenvalue weighted by Crippen LogP contribution is 2.20. The zero-order valence-electron chi connectivity index (χ0n) is 26.8. The third-order valence-electron chi connectivity index (χ3n) is 5.53. The zero-order valence-corrected chi connectivity index (χ0v) is 29.9. The van der Waals surface area contributed by atoms with Crippen molar-refractivity contribution >= 4 is 68.1 Å². The fourth-order valence-corrected chi connectivity index (χ4v) is 3.78. The molecule has 0 aliphatic carbocycles. The number of carbonyl (C=O) groups excluding carboxylic acids is 1. The number of halogens is 8. The Hall–Kier alpha value is -4.72. The Labute approximate surface area is 309 Å². The number of allylic oxidation sites excluding steroid dienone is 3. The van der Waals surface area contributed by atoms with E-state index in [1.54, 1.807) is 48.5 Å². The highest BCUT2D eigenvalue weighted by Gasteiger charge is 2.01. The van der Waals surface area contributed by atoms with Crippen LogP contribution in [0.3, 0.4) is 0 Å². The summed E-state index contributed by atoms with van der Waals surface area (Å²) in [6, 6.07) is 25.2. The van der Waals surface area contributed by atoms with Crippen LogP contribution >= 0.6 is 34.8 Å². The molecule has 0 radical (unpaired) electrons. The normalized spacial score (nSPS) is 10.9. The maximum Gasteiger partial charge on any atom is 0.164 e. The number of carbonyl (C=O) groups is 1. The largest absolute Gasteiger partial charge is 1.00 e. The number of ketones is 1. The van der Waals surface area contributed by atoms with E-state index in [0.717, 1.165) is 12.3 Å². The van der Waals surface area contributed by atoms with Gasteiger partial charge < -0.3 is 17.6 Å². The van der Waals surface area contributed by atoms with Crippen LogP contribution in [0.15, 0.2) is 120 Å². The van der Waals surface area contributed by atoms with E-state index in [1.165, 1.54) is 73.7 Å². The average Bonchev–Trinajstić information content (AvgIpc) is 3.07. The fourth-order valence-electron chi connectivity index (χ4n) is 3.26. The lowest BCUT2D eigenvalue weighted by Gasteiger charge is -1.96. The summed E-state index contributed by atoms with van der Waals surface area (Å²) in [5.41, 5.74) is 2.16. The molecule has 0 saturated heterocycles. The molecule has 4 aromatic carbocycles. The van der Waals surface area contributed by atoms with Gasteiger partial charge in [0.15, 0.2) is 12.0 Å². The molecule has 50 heavy (non-hydrogen) atoms. The Balaban J connectivity index is 0.000000640. The van der Waals surface area contributed by atoms with E-state index in [1.807, 2.05) is 24.9 Å². The van der Waals surface area contributed by atoms with Gasteiger partial charge in [0.25, 0.3) is 0 Å². The number of nitrogens with zero attached hydrogens (tertiary/aromatic N) is 3. The van der Waals surface area contributed by atoms with Crippen molar-refractivity contribution in [3.63, 3.8) is 0 Å². The van der Waals surface area contributed by atoms with Gasteiger partial charge in [-0.15, -0.1) is 0 Å². The summed E-state index contributed by atoms with van der Waals surface area (Å²) in [5, 5.41) is 20.2. The first-order valence-electron chi connectivity index (χ1n) is 14.0. The van der Waals surface area contributed by atoms with Crippen molar-refractivity contribution in [3.05, 3.63) is 161 Å². The molecule has 0 heterocycles. The van der Waals surface area contributed by atoms with Crippen molar-refractivity contribution in [2.45, 2.75) is 6.92 Å². The summed E-state index contributed by atoms with van der Waals surface area (Å²) in [4.78, 5) is 10.6. The van der Waals surface area contributed by atoms with Crippen LogP contribution < -0.4 is 12.4 Å². The van der Waals surface area contributed by atoms with Crippen molar-refractivity contribution in [1.29, 1.82) is 5.26 Å². The minimum atomic E-state index is -0.368. The van der Waals surface area contributed by atoms with E-state index in [9.17, 15) is 22.4 Å². The van der Waals surface area contributed by atoms with Crippen LogP contribution in [0.4, 0.5) is 17.6 Å². The zero-order chi connectivity index (χ0) is 36.8. The molecule has 4 rings (SSSR count). The summed E-state index contributed by atoms with van der Waals surface area (Å²) in [5.74, 6) is -1.48. The van der Waals surface area contributed by atoms with Crippen molar-refractivity contribution in [3.8, 4) is 6.07 Å². The van der Waals surface area contributed by atoms with Gasteiger partial charge in [-0.1, -0.05) is 88.5 Å². The van der Waals surface area contributed by atoms with E-state index >= 15 is 0 Å². The van der Waals surface area contributed by atoms with Gasteiger partial charge in [-0.25, -0.2) is 22.1 Å². The van der Waals surface area contributed by atoms with Crippen LogP contribution in [0.25, 0.3) is 15.1 Å². The Morgan fingerprint density at radius 1 is 0.700 bits per heavy atom. The number of oxime groups is 1. The Morgan fingerprint density at radius 3 is 1.38 bits per heavy atom. The molecular weight excluding hydrogens is 736 g/mol. The minimum absolute atomic E-state index is 0. The molecule has 0 bridgehead atoms. The van der Waals surface area contributed by atoms with Crippen LogP contribution in [0.5, 0.6) is 0 Å². The topological polar surface area (TPSA) is 76.5 Å². The molecule has 1 N–H and O–H groups in total. The molecule has 5 nitrogen and oxygen atoms in total. The standard InChI is InChI=1S/C11H12ClFN.C9H7ClFNO.C9H5ClFN.C8H7FO.ClH/c1-14(2)7-6-11(12)9-4-3-5-10(13)8-9;10-9(4-5-12-13)7-2-1-3-8(11)6-7;10-9(4-5-12)7-2-1-3-8(11)6-7;1-6(10)7-3-2-4-8(9)5-7;/h3-8H,1-2H3;1-6,13H;1-4,6H;2-5H,1H3;1H/q+1;;;;/p-1/b11-6-;9-4-,12-5+;9-4-;;. The third kappa shape index (κ3) is 19.3. The number of nitriles is 1. The lowest BCUT2D eigenvalue weighted by atomic mass is 10.1. The second kappa shape index (κ2) is 25.3. The molecule has 0 amide bonds. The molecule has 0 fully saturated rings. The van der Waals surface area contributed by atoms with Gasteiger partial charge in [0, 0.05) is 22.7 Å². The lowest BCUT2D eigenvalue weighted by molar-refractivity contribution is -0.458. The number of benzene rings is 4. The van der Waals surface area contributed by atoms with Crippen molar-refractivity contribution in [2.24, 2.45) is 5.16 Å². The lowest BCUT2D eigenvalue weighted by Crippen LogP contribution is -3.00. The molecule has 262 valence electrons. The minimum Gasteiger partial charge on any atom is -1.00 e. The predicted molar refractivity (Wildman–Crippen MR) is 191 cm³/mol. The first kappa shape index (κ1) is 45.3. The van der Waals surface area contributed by atoms with Gasteiger partial charge in [-0.3, -0.25) is 4.79 Å². The third-order valence-corrected chi connectivity index (χ3v) is 6.55. The van der Waals surface area contributed by atoms with Gasteiger partial charge in [-0.05, 0) is 78.2 Å². The molecule has 4 aromatic rings. The first-order valence-corrected chi connectivity index (χ1v) is 15.1. The number of rotatable bonds is 6. The number of hydrogen-bond acceptors (Lipinski definition) is 4. The van der Waals surface area contributed by atoms with E-state index in [-0.39, 0.29) is 46.5 Å². The molecule has 13 heteroatoms. The number of Topliss-reactive ketones (excluding diaryl/α,β-unsaturated/α-hetero) is 1. The molecule has 0 aromatic heterocycles. The van der Waals surface area contributed by atoms with E-state index < -0.39 is 0 Å². The molecule has 0 unspecified atom stereocenters. The fraction of sp³-hybridized carbons (Fsp3) is 0.0811. The second-order valence-corrected chi connectivity index (χ2v) is 10.8. The Kier molecular flexibility index (Phi) is 22.9. The van der Waals surface area contributed by atoms with Gasteiger partial charge in [-0.2, -0.15) is 5.26 Å². The monoisotopic (exact) mass is 765 g/mol. The maximum absolute atomic E-state index is 12.8. The number of hydrogen-bond donors (Lipinski definition) is 1. The van der Waals surface area contributed by atoms with Crippen LogP contribution in [-0.2, 0) is 0 Å².